The summed E-state index contributed by atoms with van der Waals surface area (Å²) in [6, 6.07) is 4.36. The van der Waals surface area contributed by atoms with E-state index in [2.05, 4.69) is 20.3 Å². The zero-order chi connectivity index (χ0) is 14.8. The van der Waals surface area contributed by atoms with E-state index in [0.717, 1.165) is 31.6 Å². The first-order valence-corrected chi connectivity index (χ1v) is 7.20. The van der Waals surface area contributed by atoms with Crippen molar-refractivity contribution in [2.75, 3.05) is 25.0 Å². The van der Waals surface area contributed by atoms with E-state index in [1.54, 1.807) is 4.52 Å². The van der Waals surface area contributed by atoms with Crippen LogP contribution in [0.5, 0.6) is 0 Å². The maximum atomic E-state index is 10.9. The number of nitrogens with one attached hydrogen (secondary N) is 1. The number of aryl methyl sites for hydroxylation is 1. The number of aromatic nitrogens is 3. The number of hydrogen-bond acceptors (Lipinski definition) is 5. The molecule has 1 amide bonds. The largest absolute Gasteiger partial charge is 0.369 e. The minimum Gasteiger partial charge on any atom is -0.369 e. The topological polar surface area (TPSA) is 88.5 Å². The Labute approximate surface area is 123 Å². The van der Waals surface area contributed by atoms with Crippen molar-refractivity contribution < 1.29 is 4.79 Å². The van der Waals surface area contributed by atoms with Crippen molar-refractivity contribution in [3.63, 3.8) is 0 Å². The van der Waals surface area contributed by atoms with E-state index < -0.39 is 0 Å². The number of fused-ring (bicyclic) bond motifs is 1. The van der Waals surface area contributed by atoms with E-state index in [0.29, 0.717) is 18.5 Å². The van der Waals surface area contributed by atoms with Crippen LogP contribution in [-0.2, 0) is 4.79 Å². The molecule has 1 fully saturated rings. The van der Waals surface area contributed by atoms with Crippen LogP contribution in [0, 0.1) is 6.92 Å². The summed E-state index contributed by atoms with van der Waals surface area (Å²) in [5.74, 6) is 0.396. The number of primary amides is 1. The molecule has 0 bridgehead atoms. The average molecular weight is 288 g/mol. The standard InChI is InChI=1S/C14H20N6O/c1-10-2-7-20-13(8-10)17-14(18-20)16-11-3-5-19(6-4-11)9-12(15)21/h2,7-8,11H,3-6,9H2,1H3,(H2,15,21)(H,16,18). The van der Waals surface area contributed by atoms with Crippen molar-refractivity contribution in [3.05, 3.63) is 23.9 Å². The lowest BCUT2D eigenvalue weighted by Gasteiger charge is -2.31. The molecule has 0 aromatic carbocycles. The Morgan fingerprint density at radius 1 is 1.48 bits per heavy atom. The summed E-state index contributed by atoms with van der Waals surface area (Å²) in [6.45, 7) is 4.12. The highest BCUT2D eigenvalue weighted by atomic mass is 16.1. The van der Waals surface area contributed by atoms with Crippen molar-refractivity contribution in [2.24, 2.45) is 5.73 Å². The van der Waals surface area contributed by atoms with Gasteiger partial charge in [-0.25, -0.2) is 4.52 Å². The number of amides is 1. The van der Waals surface area contributed by atoms with Gasteiger partial charge in [0.25, 0.3) is 0 Å². The lowest BCUT2D eigenvalue weighted by Crippen LogP contribution is -2.43. The molecule has 3 rings (SSSR count). The van der Waals surface area contributed by atoms with Crippen LogP contribution in [0.2, 0.25) is 0 Å². The second-order valence-electron chi connectivity index (χ2n) is 5.60. The van der Waals surface area contributed by atoms with Gasteiger partial charge in [-0.3, -0.25) is 9.69 Å². The van der Waals surface area contributed by atoms with Gasteiger partial charge in [-0.2, -0.15) is 4.98 Å². The molecule has 0 unspecified atom stereocenters. The highest BCUT2D eigenvalue weighted by molar-refractivity contribution is 5.75. The number of hydrogen-bond donors (Lipinski definition) is 2. The monoisotopic (exact) mass is 288 g/mol. The Bertz CT molecular complexity index is 644. The van der Waals surface area contributed by atoms with Gasteiger partial charge < -0.3 is 11.1 Å². The van der Waals surface area contributed by atoms with E-state index in [9.17, 15) is 4.79 Å². The molecule has 112 valence electrons. The van der Waals surface area contributed by atoms with Gasteiger partial charge >= 0.3 is 0 Å². The maximum Gasteiger partial charge on any atom is 0.243 e. The fourth-order valence-electron chi connectivity index (χ4n) is 2.68. The molecule has 1 aliphatic rings. The van der Waals surface area contributed by atoms with E-state index in [1.807, 2.05) is 25.3 Å². The van der Waals surface area contributed by atoms with E-state index in [-0.39, 0.29) is 5.91 Å². The van der Waals surface area contributed by atoms with Gasteiger partial charge in [-0.05, 0) is 37.5 Å². The van der Waals surface area contributed by atoms with E-state index in [4.69, 9.17) is 5.73 Å². The number of nitrogens with zero attached hydrogens (tertiary/aromatic N) is 4. The quantitative estimate of drug-likeness (QED) is 0.850. The number of pyridine rings is 1. The summed E-state index contributed by atoms with van der Waals surface area (Å²) in [5.41, 5.74) is 7.24. The SMILES string of the molecule is Cc1ccn2nc(NC3CCN(CC(N)=O)CC3)nc2c1. The predicted octanol–water partition coefficient (Wildman–Crippen LogP) is 0.399. The van der Waals surface area contributed by atoms with Crippen molar-refractivity contribution in [2.45, 2.75) is 25.8 Å². The third-order valence-corrected chi connectivity index (χ3v) is 3.79. The normalized spacial score (nSPS) is 17.2. The molecule has 0 saturated carbocycles. The minimum atomic E-state index is -0.265. The Morgan fingerprint density at radius 2 is 2.24 bits per heavy atom. The summed E-state index contributed by atoms with van der Waals surface area (Å²) < 4.78 is 1.78. The van der Waals surface area contributed by atoms with Crippen molar-refractivity contribution in [3.8, 4) is 0 Å². The summed E-state index contributed by atoms with van der Waals surface area (Å²) in [6.07, 6.45) is 3.84. The molecule has 3 N–H and O–H groups in total. The molecule has 0 aliphatic carbocycles. The van der Waals surface area contributed by atoms with Gasteiger partial charge in [0.1, 0.15) is 0 Å². The first-order chi connectivity index (χ1) is 10.1. The molecule has 1 aliphatic heterocycles. The predicted molar refractivity (Wildman–Crippen MR) is 80.0 cm³/mol. The van der Waals surface area contributed by atoms with Crippen LogP contribution in [0.1, 0.15) is 18.4 Å². The lowest BCUT2D eigenvalue weighted by molar-refractivity contribution is -0.119. The summed E-state index contributed by atoms with van der Waals surface area (Å²) >= 11 is 0. The number of carbonyl (C=O) groups is 1. The van der Waals surface area contributed by atoms with Gasteiger partial charge in [-0.1, -0.05) is 0 Å². The second-order valence-corrected chi connectivity index (χ2v) is 5.60. The first-order valence-electron chi connectivity index (χ1n) is 7.20. The molecule has 2 aromatic heterocycles. The molecule has 0 radical (unpaired) electrons. The van der Waals surface area contributed by atoms with Crippen LogP contribution in [0.3, 0.4) is 0 Å². The van der Waals surface area contributed by atoms with Gasteiger partial charge in [0.2, 0.25) is 11.9 Å². The van der Waals surface area contributed by atoms with Crippen LogP contribution >= 0.6 is 0 Å². The van der Waals surface area contributed by atoms with E-state index >= 15 is 0 Å². The molecule has 0 spiro atoms. The fraction of sp³-hybridized carbons (Fsp3) is 0.500. The number of anilines is 1. The van der Waals surface area contributed by atoms with Gasteiger partial charge in [-0.15, -0.1) is 5.10 Å². The third-order valence-electron chi connectivity index (χ3n) is 3.79. The summed E-state index contributed by atoms with van der Waals surface area (Å²) in [4.78, 5) is 17.5. The Morgan fingerprint density at radius 3 is 2.95 bits per heavy atom. The van der Waals surface area contributed by atoms with Gasteiger partial charge in [0, 0.05) is 25.3 Å². The van der Waals surface area contributed by atoms with Crippen LogP contribution in [0.15, 0.2) is 18.3 Å². The van der Waals surface area contributed by atoms with Gasteiger partial charge in [0.05, 0.1) is 6.54 Å². The smallest absolute Gasteiger partial charge is 0.243 e. The highest BCUT2D eigenvalue weighted by Gasteiger charge is 2.21. The van der Waals surface area contributed by atoms with Crippen LogP contribution in [-0.4, -0.2) is 51.1 Å². The molecule has 0 atom stereocenters. The molecule has 21 heavy (non-hydrogen) atoms. The van der Waals surface area contributed by atoms with Crippen LogP contribution in [0.4, 0.5) is 5.95 Å². The minimum absolute atomic E-state index is 0.265. The Hall–Kier alpha value is -2.15. The third kappa shape index (κ3) is 3.30. The average Bonchev–Trinajstić information content (AvgIpc) is 2.82. The summed E-state index contributed by atoms with van der Waals surface area (Å²) in [7, 11) is 0. The number of piperidine rings is 1. The Balaban J connectivity index is 1.60. The number of rotatable bonds is 4. The second kappa shape index (κ2) is 5.69. The highest BCUT2D eigenvalue weighted by Crippen LogP contribution is 2.15. The van der Waals surface area contributed by atoms with Gasteiger partial charge in [0.15, 0.2) is 5.65 Å². The molecule has 7 heteroatoms. The maximum absolute atomic E-state index is 10.9. The fourth-order valence-corrected chi connectivity index (χ4v) is 2.68. The molecular weight excluding hydrogens is 268 g/mol. The van der Waals surface area contributed by atoms with E-state index in [1.165, 1.54) is 5.56 Å². The molecular formula is C14H20N6O. The number of carbonyl (C=O) groups excluding carboxylic acids is 1. The zero-order valence-corrected chi connectivity index (χ0v) is 12.1. The molecule has 7 nitrogen and oxygen atoms in total. The molecule has 2 aromatic rings. The van der Waals surface area contributed by atoms with Crippen molar-refractivity contribution in [1.82, 2.24) is 19.5 Å². The zero-order valence-electron chi connectivity index (χ0n) is 12.1. The first kappa shape index (κ1) is 13.8. The number of likely N-dealkylation sites (tertiary alicyclic amines) is 1. The van der Waals surface area contributed by atoms with Crippen LogP contribution in [0.25, 0.3) is 5.65 Å². The molecule has 3 heterocycles. The van der Waals surface area contributed by atoms with Crippen molar-refractivity contribution >= 4 is 17.5 Å². The molecule has 1 saturated heterocycles. The summed E-state index contributed by atoms with van der Waals surface area (Å²) in [5, 5.41) is 7.80. The number of nitrogens with two attached hydrogens (primary N) is 1. The van der Waals surface area contributed by atoms with Crippen molar-refractivity contribution in [1.29, 1.82) is 0 Å². The van der Waals surface area contributed by atoms with Crippen LogP contribution < -0.4 is 11.1 Å². The lowest BCUT2D eigenvalue weighted by atomic mass is 10.1. The Kier molecular flexibility index (Phi) is 3.74.